The zero-order chi connectivity index (χ0) is 9.68. The number of aromatic nitrogens is 1. The van der Waals surface area contributed by atoms with Crippen molar-refractivity contribution in [2.75, 3.05) is 6.54 Å². The Kier molecular flexibility index (Phi) is 3.40. The van der Waals surface area contributed by atoms with E-state index in [4.69, 9.17) is 5.11 Å². The summed E-state index contributed by atoms with van der Waals surface area (Å²) in [5.41, 5.74) is 0.851. The van der Waals surface area contributed by atoms with Crippen LogP contribution in [0.1, 0.15) is 18.7 Å². The summed E-state index contributed by atoms with van der Waals surface area (Å²) >= 11 is 0. The highest BCUT2D eigenvalue weighted by Crippen LogP contribution is 2.06. The van der Waals surface area contributed by atoms with Gasteiger partial charge in [0.2, 0.25) is 0 Å². The summed E-state index contributed by atoms with van der Waals surface area (Å²) in [6.45, 7) is 1.84. The minimum Gasteiger partial charge on any atom is -0.480 e. The molecule has 1 rings (SSSR count). The summed E-state index contributed by atoms with van der Waals surface area (Å²) in [6, 6.07) is 5.53. The van der Waals surface area contributed by atoms with Crippen molar-refractivity contribution < 1.29 is 9.90 Å². The van der Waals surface area contributed by atoms with Crippen LogP contribution in [-0.2, 0) is 4.79 Å². The van der Waals surface area contributed by atoms with Gasteiger partial charge in [0.15, 0.2) is 0 Å². The molecule has 0 aliphatic heterocycles. The molecule has 0 saturated carbocycles. The van der Waals surface area contributed by atoms with E-state index in [0.29, 0.717) is 0 Å². The fourth-order valence-corrected chi connectivity index (χ4v) is 0.977. The van der Waals surface area contributed by atoms with Crippen molar-refractivity contribution in [2.45, 2.75) is 13.0 Å². The van der Waals surface area contributed by atoms with Gasteiger partial charge in [0, 0.05) is 12.2 Å². The van der Waals surface area contributed by atoms with Gasteiger partial charge in [-0.15, -0.1) is 0 Å². The number of carboxylic acid groups (broad SMARTS) is 1. The van der Waals surface area contributed by atoms with Gasteiger partial charge in [-0.3, -0.25) is 15.1 Å². The molecule has 4 nitrogen and oxygen atoms in total. The van der Waals surface area contributed by atoms with Gasteiger partial charge in [-0.25, -0.2) is 0 Å². The van der Waals surface area contributed by atoms with E-state index in [9.17, 15) is 4.79 Å². The summed E-state index contributed by atoms with van der Waals surface area (Å²) in [4.78, 5) is 14.4. The van der Waals surface area contributed by atoms with Crippen molar-refractivity contribution in [1.29, 1.82) is 0 Å². The number of rotatable bonds is 4. The van der Waals surface area contributed by atoms with Crippen LogP contribution in [0.25, 0.3) is 0 Å². The van der Waals surface area contributed by atoms with Gasteiger partial charge in [-0.1, -0.05) is 6.07 Å². The van der Waals surface area contributed by atoms with E-state index in [1.165, 1.54) is 0 Å². The Bertz CT molecular complexity index is 274. The molecule has 0 aliphatic rings. The highest BCUT2D eigenvalue weighted by Gasteiger charge is 2.06. The summed E-state index contributed by atoms with van der Waals surface area (Å²) < 4.78 is 0. The summed E-state index contributed by atoms with van der Waals surface area (Å²) in [6.07, 6.45) is 1.69. The molecule has 1 aromatic heterocycles. The van der Waals surface area contributed by atoms with Gasteiger partial charge in [0.25, 0.3) is 0 Å². The average Bonchev–Trinajstić information content (AvgIpc) is 2.15. The zero-order valence-electron chi connectivity index (χ0n) is 7.40. The van der Waals surface area contributed by atoms with Gasteiger partial charge >= 0.3 is 5.97 Å². The Labute approximate surface area is 76.6 Å². The molecule has 1 atom stereocenters. The number of nitrogens with zero attached hydrogens (tertiary/aromatic N) is 1. The first-order valence-electron chi connectivity index (χ1n) is 4.06. The molecule has 0 aromatic carbocycles. The van der Waals surface area contributed by atoms with Crippen molar-refractivity contribution in [3.8, 4) is 0 Å². The molecule has 0 aliphatic carbocycles. The van der Waals surface area contributed by atoms with Crippen LogP contribution < -0.4 is 5.32 Å². The SMILES string of the molecule is C[C@H](NCC(=O)O)c1ccccn1. The maximum Gasteiger partial charge on any atom is 0.317 e. The van der Waals surface area contributed by atoms with Crippen LogP contribution in [0.5, 0.6) is 0 Å². The van der Waals surface area contributed by atoms with Gasteiger partial charge in [-0.05, 0) is 19.1 Å². The molecule has 0 spiro atoms. The molecule has 70 valence electrons. The third kappa shape index (κ3) is 3.21. The average molecular weight is 180 g/mol. The Balaban J connectivity index is 2.49. The van der Waals surface area contributed by atoms with Crippen LogP contribution >= 0.6 is 0 Å². The predicted molar refractivity (Wildman–Crippen MR) is 48.3 cm³/mol. The quantitative estimate of drug-likeness (QED) is 0.720. The first kappa shape index (κ1) is 9.67. The molecule has 0 fully saturated rings. The summed E-state index contributed by atoms with van der Waals surface area (Å²) in [5.74, 6) is -0.859. The van der Waals surface area contributed by atoms with Gasteiger partial charge in [0.1, 0.15) is 0 Å². The number of carbonyl (C=O) groups is 1. The molecule has 0 radical (unpaired) electrons. The van der Waals surface area contributed by atoms with E-state index >= 15 is 0 Å². The lowest BCUT2D eigenvalue weighted by molar-refractivity contribution is -0.136. The molecule has 0 unspecified atom stereocenters. The van der Waals surface area contributed by atoms with Gasteiger partial charge in [0.05, 0.1) is 12.2 Å². The minimum atomic E-state index is -0.859. The maximum atomic E-state index is 10.3. The van der Waals surface area contributed by atoms with Crippen LogP contribution in [-0.4, -0.2) is 22.6 Å². The third-order valence-corrected chi connectivity index (χ3v) is 1.69. The number of hydrogen-bond acceptors (Lipinski definition) is 3. The molecular formula is C9H12N2O2. The zero-order valence-corrected chi connectivity index (χ0v) is 7.40. The number of hydrogen-bond donors (Lipinski definition) is 2. The summed E-state index contributed by atoms with van der Waals surface area (Å²) in [5, 5.41) is 11.3. The van der Waals surface area contributed by atoms with Crippen LogP contribution in [0.4, 0.5) is 0 Å². The highest BCUT2D eigenvalue weighted by molar-refractivity contribution is 5.69. The lowest BCUT2D eigenvalue weighted by atomic mass is 10.2. The topological polar surface area (TPSA) is 62.2 Å². The van der Waals surface area contributed by atoms with Crippen molar-refractivity contribution in [2.24, 2.45) is 0 Å². The largest absolute Gasteiger partial charge is 0.480 e. The minimum absolute atomic E-state index is 0.0303. The third-order valence-electron chi connectivity index (χ3n) is 1.69. The molecule has 2 N–H and O–H groups in total. The standard InChI is InChI=1S/C9H12N2O2/c1-7(11-6-9(12)13)8-4-2-3-5-10-8/h2-5,7,11H,6H2,1H3,(H,12,13)/t7-/m0/s1. The predicted octanol–water partition coefficient (Wildman–Crippen LogP) is 0.817. The Morgan fingerprint density at radius 3 is 3.00 bits per heavy atom. The Hall–Kier alpha value is -1.42. The second kappa shape index (κ2) is 4.57. The smallest absolute Gasteiger partial charge is 0.317 e. The first-order chi connectivity index (χ1) is 6.20. The first-order valence-corrected chi connectivity index (χ1v) is 4.06. The van der Waals surface area contributed by atoms with E-state index in [2.05, 4.69) is 10.3 Å². The van der Waals surface area contributed by atoms with Crippen molar-refractivity contribution >= 4 is 5.97 Å². The molecule has 0 saturated heterocycles. The van der Waals surface area contributed by atoms with E-state index in [0.717, 1.165) is 5.69 Å². The number of nitrogens with one attached hydrogen (secondary N) is 1. The fraction of sp³-hybridized carbons (Fsp3) is 0.333. The van der Waals surface area contributed by atoms with E-state index in [1.807, 2.05) is 25.1 Å². The molecule has 1 heterocycles. The molecule has 1 aromatic rings. The number of carboxylic acids is 1. The highest BCUT2D eigenvalue weighted by atomic mass is 16.4. The van der Waals surface area contributed by atoms with Crippen LogP contribution in [0.2, 0.25) is 0 Å². The Morgan fingerprint density at radius 1 is 1.69 bits per heavy atom. The number of pyridine rings is 1. The van der Waals surface area contributed by atoms with Crippen molar-refractivity contribution in [1.82, 2.24) is 10.3 Å². The van der Waals surface area contributed by atoms with E-state index in [-0.39, 0.29) is 12.6 Å². The maximum absolute atomic E-state index is 10.3. The monoisotopic (exact) mass is 180 g/mol. The molecule has 0 bridgehead atoms. The lowest BCUT2D eigenvalue weighted by Gasteiger charge is -2.10. The van der Waals surface area contributed by atoms with Crippen molar-refractivity contribution in [3.05, 3.63) is 30.1 Å². The van der Waals surface area contributed by atoms with Crippen LogP contribution in [0, 0.1) is 0 Å². The van der Waals surface area contributed by atoms with Gasteiger partial charge < -0.3 is 5.11 Å². The van der Waals surface area contributed by atoms with Gasteiger partial charge in [-0.2, -0.15) is 0 Å². The fourth-order valence-electron chi connectivity index (χ4n) is 0.977. The van der Waals surface area contributed by atoms with E-state index in [1.54, 1.807) is 6.20 Å². The summed E-state index contributed by atoms with van der Waals surface area (Å²) in [7, 11) is 0. The second-order valence-corrected chi connectivity index (χ2v) is 2.75. The van der Waals surface area contributed by atoms with Crippen molar-refractivity contribution in [3.63, 3.8) is 0 Å². The van der Waals surface area contributed by atoms with Crippen LogP contribution in [0.15, 0.2) is 24.4 Å². The molecule has 4 heteroatoms. The molecular weight excluding hydrogens is 168 g/mol. The molecule has 0 amide bonds. The molecule has 13 heavy (non-hydrogen) atoms. The Morgan fingerprint density at radius 2 is 2.46 bits per heavy atom. The number of aliphatic carboxylic acids is 1. The normalized spacial score (nSPS) is 12.4. The van der Waals surface area contributed by atoms with Crippen LogP contribution in [0.3, 0.4) is 0 Å². The second-order valence-electron chi connectivity index (χ2n) is 2.75. The van der Waals surface area contributed by atoms with E-state index < -0.39 is 5.97 Å². The lowest BCUT2D eigenvalue weighted by Crippen LogP contribution is -2.26.